The molecule has 6 fully saturated rings. The molecule has 42 heavy (non-hydrogen) atoms. The van der Waals surface area contributed by atoms with E-state index in [2.05, 4.69) is 11.5 Å². The van der Waals surface area contributed by atoms with Crippen LogP contribution in [-0.4, -0.2) is 93.0 Å². The minimum absolute atomic E-state index is 0.161. The molecule has 2 spiro atoms. The summed E-state index contributed by atoms with van der Waals surface area (Å²) in [7, 11) is 1.99. The van der Waals surface area contributed by atoms with Crippen LogP contribution in [0, 0.1) is 34.0 Å². The van der Waals surface area contributed by atoms with Crippen molar-refractivity contribution in [1.29, 1.82) is 0 Å². The lowest BCUT2D eigenvalue weighted by atomic mass is 9.38. The first-order valence-corrected chi connectivity index (χ1v) is 15.0. The van der Waals surface area contributed by atoms with Gasteiger partial charge < -0.3 is 34.8 Å². The van der Waals surface area contributed by atoms with Crippen molar-refractivity contribution in [2.75, 3.05) is 13.6 Å². The molecule has 0 amide bonds. The Labute approximate surface area is 245 Å². The van der Waals surface area contributed by atoms with Crippen LogP contribution in [0.5, 0.6) is 0 Å². The van der Waals surface area contributed by atoms with Gasteiger partial charge in [-0.05, 0) is 58.2 Å². The summed E-state index contributed by atoms with van der Waals surface area (Å²) < 4.78 is 12.6. The van der Waals surface area contributed by atoms with Gasteiger partial charge in [0, 0.05) is 46.2 Å². The first kappa shape index (κ1) is 28.2. The van der Waals surface area contributed by atoms with Crippen LogP contribution in [0.4, 0.5) is 0 Å². The van der Waals surface area contributed by atoms with E-state index in [0.29, 0.717) is 24.1 Å². The van der Waals surface area contributed by atoms with E-state index < -0.39 is 82.2 Å². The van der Waals surface area contributed by atoms with Gasteiger partial charge in [0.05, 0.1) is 17.8 Å². The van der Waals surface area contributed by atoms with Crippen molar-refractivity contribution in [2.24, 2.45) is 34.0 Å². The topological polar surface area (TPSA) is 137 Å². The summed E-state index contributed by atoms with van der Waals surface area (Å²) in [6.07, 6.45) is -3.18. The van der Waals surface area contributed by atoms with E-state index in [9.17, 15) is 30.0 Å². The van der Waals surface area contributed by atoms with Crippen LogP contribution in [0.1, 0.15) is 50.4 Å². The molecule has 0 aromatic heterocycles. The van der Waals surface area contributed by atoms with E-state index >= 15 is 0 Å². The van der Waals surface area contributed by atoms with Crippen molar-refractivity contribution >= 4 is 11.9 Å². The molecule has 1 saturated heterocycles. The molecular formula is C33H41NO8. The lowest BCUT2D eigenvalue weighted by Crippen LogP contribution is -2.84. The van der Waals surface area contributed by atoms with Crippen molar-refractivity contribution in [2.45, 2.75) is 82.2 Å². The van der Waals surface area contributed by atoms with Gasteiger partial charge in [-0.25, -0.2) is 9.59 Å². The number of aliphatic hydroxyl groups excluding tert-OH is 3. The van der Waals surface area contributed by atoms with E-state index in [1.54, 1.807) is 50.3 Å². The molecule has 6 aliphatic rings. The zero-order valence-corrected chi connectivity index (χ0v) is 24.6. The second kappa shape index (κ2) is 8.76. The van der Waals surface area contributed by atoms with Crippen LogP contribution in [-0.2, 0) is 14.3 Å². The maximum Gasteiger partial charge on any atom is 0.338 e. The van der Waals surface area contributed by atoms with Gasteiger partial charge in [-0.1, -0.05) is 43.4 Å². The lowest BCUT2D eigenvalue weighted by molar-refractivity contribution is -0.361. The van der Waals surface area contributed by atoms with E-state index in [1.165, 1.54) is 0 Å². The number of nitrogens with zero attached hydrogens (tertiary/aromatic N) is 1. The monoisotopic (exact) mass is 579 g/mol. The minimum Gasteiger partial charge on any atom is -0.454 e. The normalized spacial score (nSPS) is 50.4. The average molecular weight is 580 g/mol. The number of ether oxygens (including phenoxy) is 2. The first-order valence-electron chi connectivity index (χ1n) is 15.0. The Hall–Kier alpha value is -2.56. The molecule has 1 heterocycles. The fourth-order valence-electron chi connectivity index (χ4n) is 11.5. The zero-order valence-electron chi connectivity index (χ0n) is 24.6. The van der Waals surface area contributed by atoms with Gasteiger partial charge in [0.1, 0.15) is 23.9 Å². The molecule has 0 radical (unpaired) electrons. The number of likely N-dealkylation sites (tertiary alicyclic amines) is 1. The highest BCUT2D eigenvalue weighted by Crippen LogP contribution is 2.84. The third-order valence-corrected chi connectivity index (χ3v) is 12.5. The molecule has 0 unspecified atom stereocenters. The van der Waals surface area contributed by atoms with E-state index in [1.807, 2.05) is 14.0 Å². The first-order chi connectivity index (χ1) is 19.8. The molecule has 7 rings (SSSR count). The Morgan fingerprint density at radius 3 is 2.43 bits per heavy atom. The number of esters is 2. The van der Waals surface area contributed by atoms with Gasteiger partial charge in [0.2, 0.25) is 0 Å². The Kier molecular flexibility index (Phi) is 5.89. The third kappa shape index (κ3) is 2.97. The largest absolute Gasteiger partial charge is 0.454 e. The van der Waals surface area contributed by atoms with Crippen molar-refractivity contribution in [3.63, 3.8) is 0 Å². The molecule has 5 aliphatic carbocycles. The van der Waals surface area contributed by atoms with Crippen molar-refractivity contribution < 1.29 is 39.5 Å². The van der Waals surface area contributed by atoms with Gasteiger partial charge in [-0.3, -0.25) is 0 Å². The van der Waals surface area contributed by atoms with Gasteiger partial charge in [-0.15, -0.1) is 0 Å². The second-order valence-corrected chi connectivity index (χ2v) is 14.2. The predicted octanol–water partition coefficient (Wildman–Crippen LogP) is 1.84. The van der Waals surface area contributed by atoms with Crippen LogP contribution in [0.2, 0.25) is 0 Å². The summed E-state index contributed by atoms with van der Waals surface area (Å²) in [4.78, 5) is 29.3. The van der Waals surface area contributed by atoms with Crippen LogP contribution < -0.4 is 0 Å². The number of rotatable bonds is 4. The Balaban J connectivity index is 1.48. The number of carbonyl (C=O) groups excluding carboxylic acids is 2. The van der Waals surface area contributed by atoms with E-state index in [-0.39, 0.29) is 18.8 Å². The standard InChI is InChI=1S/C33H41NO8/c1-6-16(2)28(38)41-22-20-17(3)12-31-21(20)25-32(24(31)23(22)42-29(39)18-10-8-7-9-11-18)14-19(35)13-30(4,15-34(25)5)33(32,40)27(37)26(31)36/h6-11,19-27,35-37,40H,3,12-15H2,1-2,4-5H3/b16-6+/t19-,20-,21+,22+,23+,24+,25+,26-,27-,30-,31-,32-,33-/m0/s1. The maximum absolute atomic E-state index is 13.7. The number of allylic oxidation sites excluding steroid dienone is 1. The van der Waals surface area contributed by atoms with Crippen LogP contribution in [0.25, 0.3) is 0 Å². The smallest absolute Gasteiger partial charge is 0.338 e. The number of piperidine rings is 1. The highest BCUT2D eigenvalue weighted by molar-refractivity contribution is 5.90. The summed E-state index contributed by atoms with van der Waals surface area (Å²) in [5, 5.41) is 48.5. The number of aliphatic hydroxyl groups is 4. The van der Waals surface area contributed by atoms with Crippen molar-refractivity contribution in [3.8, 4) is 0 Å². The predicted molar refractivity (Wildman–Crippen MR) is 151 cm³/mol. The number of carbonyl (C=O) groups is 2. The number of hydrogen-bond donors (Lipinski definition) is 4. The van der Waals surface area contributed by atoms with Gasteiger partial charge in [0.25, 0.3) is 0 Å². The molecule has 1 aromatic rings. The zero-order chi connectivity index (χ0) is 30.1. The molecule has 226 valence electrons. The minimum atomic E-state index is -1.79. The molecule has 1 aromatic carbocycles. The molecule has 5 saturated carbocycles. The Morgan fingerprint density at radius 1 is 1.07 bits per heavy atom. The highest BCUT2D eigenvalue weighted by Gasteiger charge is 2.93. The van der Waals surface area contributed by atoms with Crippen molar-refractivity contribution in [3.05, 3.63) is 59.7 Å². The Bertz CT molecular complexity index is 1400. The van der Waals surface area contributed by atoms with E-state index in [4.69, 9.17) is 9.47 Å². The second-order valence-electron chi connectivity index (χ2n) is 14.2. The molecule has 1 aliphatic heterocycles. The summed E-state index contributed by atoms with van der Waals surface area (Å²) in [6.45, 7) is 10.1. The van der Waals surface area contributed by atoms with E-state index in [0.717, 1.165) is 5.57 Å². The quantitative estimate of drug-likeness (QED) is 0.239. The lowest BCUT2D eigenvalue weighted by Gasteiger charge is -2.73. The Morgan fingerprint density at radius 2 is 1.76 bits per heavy atom. The van der Waals surface area contributed by atoms with Crippen LogP contribution >= 0.6 is 0 Å². The van der Waals surface area contributed by atoms with Gasteiger partial charge in [0.15, 0.2) is 0 Å². The summed E-state index contributed by atoms with van der Waals surface area (Å²) in [5.41, 5.74) is -3.43. The molecule has 4 N–H and O–H groups in total. The SMILES string of the molecule is C=C1C[C@]23[C@@H]4[C@H]1[C@@H](OC(=O)/C(C)=C/C)[C@@H](OC(=O)c1ccccc1)[C@H]2[C@@]12C[C@@H](O)C[C@@](C)(CN(C)[C@H]41)[C@@]2(O)[C@@H](O)[C@@H]3O. The van der Waals surface area contributed by atoms with Gasteiger partial charge >= 0.3 is 11.9 Å². The molecule has 9 nitrogen and oxygen atoms in total. The van der Waals surface area contributed by atoms with Crippen LogP contribution in [0.3, 0.4) is 0 Å². The van der Waals surface area contributed by atoms with Crippen molar-refractivity contribution in [1.82, 2.24) is 4.90 Å². The molecular weight excluding hydrogens is 538 g/mol. The fraction of sp³-hybridized carbons (Fsp3) is 0.636. The molecule has 6 bridgehead atoms. The van der Waals surface area contributed by atoms with Crippen LogP contribution in [0.15, 0.2) is 54.1 Å². The van der Waals surface area contributed by atoms with Gasteiger partial charge in [-0.2, -0.15) is 0 Å². The molecule has 13 atom stereocenters. The summed E-state index contributed by atoms with van der Waals surface area (Å²) in [6, 6.07) is 8.17. The number of benzene rings is 1. The maximum atomic E-state index is 13.7. The molecule has 9 heteroatoms. The highest BCUT2D eigenvalue weighted by atomic mass is 16.6. The average Bonchev–Trinajstić information content (AvgIpc) is 3.26. The summed E-state index contributed by atoms with van der Waals surface area (Å²) >= 11 is 0. The summed E-state index contributed by atoms with van der Waals surface area (Å²) in [5.74, 6) is -2.73. The fourth-order valence-corrected chi connectivity index (χ4v) is 11.5. The third-order valence-electron chi connectivity index (χ3n) is 12.5. The number of hydrogen-bond acceptors (Lipinski definition) is 9.